The number of nitrogens with one attached hydrogen (secondary N) is 1. The zero-order valence-electron chi connectivity index (χ0n) is 11.2. The molecule has 0 aromatic carbocycles. The van der Waals surface area contributed by atoms with Crippen LogP contribution < -0.4 is 5.32 Å². The van der Waals surface area contributed by atoms with E-state index in [1.54, 1.807) is 0 Å². The summed E-state index contributed by atoms with van der Waals surface area (Å²) in [6.07, 6.45) is 5.28. The van der Waals surface area contributed by atoms with Crippen molar-refractivity contribution in [1.82, 2.24) is 5.32 Å². The first-order valence-corrected chi connectivity index (χ1v) is 7.22. The fourth-order valence-electron chi connectivity index (χ4n) is 3.23. The quantitative estimate of drug-likeness (QED) is 0.787. The van der Waals surface area contributed by atoms with Gasteiger partial charge in [-0.3, -0.25) is 4.79 Å². The van der Waals surface area contributed by atoms with Gasteiger partial charge >= 0.3 is 5.97 Å². The van der Waals surface area contributed by atoms with Crippen molar-refractivity contribution in [3.05, 3.63) is 0 Å². The number of ether oxygens (including phenoxy) is 1. The van der Waals surface area contributed by atoms with Crippen LogP contribution in [0.2, 0.25) is 0 Å². The third kappa shape index (κ3) is 3.45. The molecule has 1 aliphatic heterocycles. The van der Waals surface area contributed by atoms with Gasteiger partial charge in [-0.2, -0.15) is 0 Å². The minimum absolute atomic E-state index is 0.140. The Bertz CT molecular complexity index is 276. The van der Waals surface area contributed by atoms with Gasteiger partial charge in [-0.1, -0.05) is 12.8 Å². The third-order valence-corrected chi connectivity index (χ3v) is 4.60. The first-order valence-electron chi connectivity index (χ1n) is 7.22. The second-order valence-electron chi connectivity index (χ2n) is 5.81. The molecular formula is C14H25NO3. The maximum Gasteiger partial charge on any atom is 0.306 e. The van der Waals surface area contributed by atoms with Crippen molar-refractivity contribution in [3.8, 4) is 0 Å². The largest absolute Gasteiger partial charge is 0.481 e. The maximum absolute atomic E-state index is 11.2. The lowest BCUT2D eigenvalue weighted by atomic mass is 9.79. The first kappa shape index (κ1) is 13.8. The SMILES string of the molecule is CC(NCC1CCCCC1C(=O)O)C1CCOC1. The average Bonchev–Trinajstić information content (AvgIpc) is 2.90. The molecule has 18 heavy (non-hydrogen) atoms. The Hall–Kier alpha value is -0.610. The van der Waals surface area contributed by atoms with Gasteiger partial charge in [0.05, 0.1) is 12.5 Å². The predicted molar refractivity (Wildman–Crippen MR) is 69.5 cm³/mol. The van der Waals surface area contributed by atoms with E-state index in [2.05, 4.69) is 12.2 Å². The average molecular weight is 255 g/mol. The fourth-order valence-corrected chi connectivity index (χ4v) is 3.23. The van der Waals surface area contributed by atoms with E-state index in [0.717, 1.165) is 45.4 Å². The highest BCUT2D eigenvalue weighted by atomic mass is 16.5. The number of carboxylic acids is 1. The van der Waals surface area contributed by atoms with Gasteiger partial charge in [0.1, 0.15) is 0 Å². The molecule has 4 heteroatoms. The smallest absolute Gasteiger partial charge is 0.306 e. The Morgan fingerprint density at radius 2 is 2.17 bits per heavy atom. The predicted octanol–water partition coefficient (Wildman–Crippen LogP) is 1.89. The summed E-state index contributed by atoms with van der Waals surface area (Å²) in [6, 6.07) is 0.434. The molecule has 104 valence electrons. The van der Waals surface area contributed by atoms with Crippen molar-refractivity contribution >= 4 is 5.97 Å². The maximum atomic E-state index is 11.2. The van der Waals surface area contributed by atoms with E-state index in [9.17, 15) is 9.90 Å². The zero-order chi connectivity index (χ0) is 13.0. The molecule has 4 unspecified atom stereocenters. The van der Waals surface area contributed by atoms with Crippen molar-refractivity contribution in [2.24, 2.45) is 17.8 Å². The van der Waals surface area contributed by atoms with Gasteiger partial charge in [0.25, 0.3) is 0 Å². The van der Waals surface area contributed by atoms with Gasteiger partial charge in [0.15, 0.2) is 0 Å². The van der Waals surface area contributed by atoms with Gasteiger partial charge < -0.3 is 15.2 Å². The van der Waals surface area contributed by atoms with E-state index in [0.29, 0.717) is 17.9 Å². The molecule has 2 N–H and O–H groups in total. The van der Waals surface area contributed by atoms with Crippen LogP contribution in [0.1, 0.15) is 39.0 Å². The van der Waals surface area contributed by atoms with E-state index >= 15 is 0 Å². The number of rotatable bonds is 5. The van der Waals surface area contributed by atoms with Crippen LogP contribution in [0.3, 0.4) is 0 Å². The van der Waals surface area contributed by atoms with E-state index in [1.165, 1.54) is 6.42 Å². The van der Waals surface area contributed by atoms with Crippen molar-refractivity contribution < 1.29 is 14.6 Å². The minimum Gasteiger partial charge on any atom is -0.481 e. The van der Waals surface area contributed by atoms with Crippen LogP contribution in [0.25, 0.3) is 0 Å². The summed E-state index contributed by atoms with van der Waals surface area (Å²) in [6.45, 7) is 4.76. The summed E-state index contributed by atoms with van der Waals surface area (Å²) in [5, 5.41) is 12.8. The Balaban J connectivity index is 1.78. The van der Waals surface area contributed by atoms with Crippen molar-refractivity contribution in [1.29, 1.82) is 0 Å². The molecule has 1 aliphatic carbocycles. The van der Waals surface area contributed by atoms with Crippen LogP contribution in [0.15, 0.2) is 0 Å². The van der Waals surface area contributed by atoms with Crippen LogP contribution >= 0.6 is 0 Å². The highest BCUT2D eigenvalue weighted by Crippen LogP contribution is 2.30. The molecule has 1 heterocycles. The minimum atomic E-state index is -0.613. The van der Waals surface area contributed by atoms with Crippen LogP contribution in [0.4, 0.5) is 0 Å². The lowest BCUT2D eigenvalue weighted by Crippen LogP contribution is -2.41. The van der Waals surface area contributed by atoms with Crippen LogP contribution in [0.5, 0.6) is 0 Å². The summed E-state index contributed by atoms with van der Waals surface area (Å²) in [4.78, 5) is 11.2. The van der Waals surface area contributed by atoms with Crippen LogP contribution in [0, 0.1) is 17.8 Å². The summed E-state index contributed by atoms with van der Waals surface area (Å²) in [5.41, 5.74) is 0. The third-order valence-electron chi connectivity index (χ3n) is 4.60. The second-order valence-corrected chi connectivity index (χ2v) is 5.81. The Labute approximate surface area is 109 Å². The van der Waals surface area contributed by atoms with E-state index in [1.807, 2.05) is 0 Å². The lowest BCUT2D eigenvalue weighted by molar-refractivity contribution is -0.144. The summed E-state index contributed by atoms with van der Waals surface area (Å²) in [5.74, 6) is 0.148. The number of carboxylic acid groups (broad SMARTS) is 1. The van der Waals surface area contributed by atoms with Crippen LogP contribution in [-0.4, -0.2) is 36.9 Å². The standard InChI is InChI=1S/C14H25NO3/c1-10(12-6-7-18-9-12)15-8-11-4-2-3-5-13(11)14(16)17/h10-13,15H,2-9H2,1H3,(H,16,17). The van der Waals surface area contributed by atoms with Gasteiger partial charge in [-0.25, -0.2) is 0 Å². The monoisotopic (exact) mass is 255 g/mol. The Morgan fingerprint density at radius 1 is 1.39 bits per heavy atom. The topological polar surface area (TPSA) is 58.6 Å². The summed E-state index contributed by atoms with van der Waals surface area (Å²) >= 11 is 0. The van der Waals surface area contributed by atoms with Gasteiger partial charge in [0, 0.05) is 12.6 Å². The number of hydrogen-bond acceptors (Lipinski definition) is 3. The summed E-state index contributed by atoms with van der Waals surface area (Å²) < 4.78 is 5.40. The van der Waals surface area contributed by atoms with Crippen molar-refractivity contribution in [2.75, 3.05) is 19.8 Å². The molecule has 0 aromatic heterocycles. The van der Waals surface area contributed by atoms with E-state index in [-0.39, 0.29) is 5.92 Å². The van der Waals surface area contributed by atoms with Gasteiger partial charge in [-0.15, -0.1) is 0 Å². The molecule has 0 aromatic rings. The number of hydrogen-bond donors (Lipinski definition) is 2. The molecule has 4 atom stereocenters. The molecule has 2 rings (SSSR count). The van der Waals surface area contributed by atoms with Crippen molar-refractivity contribution in [3.63, 3.8) is 0 Å². The second kappa shape index (κ2) is 6.53. The number of aliphatic carboxylic acids is 1. The summed E-state index contributed by atoms with van der Waals surface area (Å²) in [7, 11) is 0. The fraction of sp³-hybridized carbons (Fsp3) is 0.929. The van der Waals surface area contributed by atoms with E-state index < -0.39 is 5.97 Å². The molecule has 0 spiro atoms. The first-order chi connectivity index (χ1) is 8.68. The highest BCUT2D eigenvalue weighted by molar-refractivity contribution is 5.70. The Kier molecular flexibility index (Phi) is 5.01. The molecule has 0 radical (unpaired) electrons. The van der Waals surface area contributed by atoms with E-state index in [4.69, 9.17) is 4.74 Å². The molecular weight excluding hydrogens is 230 g/mol. The van der Waals surface area contributed by atoms with Crippen LogP contribution in [-0.2, 0) is 9.53 Å². The molecule has 4 nitrogen and oxygen atoms in total. The molecule has 2 aliphatic rings. The molecule has 0 amide bonds. The number of carbonyl (C=O) groups is 1. The zero-order valence-corrected chi connectivity index (χ0v) is 11.2. The Morgan fingerprint density at radius 3 is 2.83 bits per heavy atom. The molecule has 1 saturated carbocycles. The van der Waals surface area contributed by atoms with Gasteiger partial charge in [-0.05, 0) is 44.6 Å². The van der Waals surface area contributed by atoms with Crippen molar-refractivity contribution in [2.45, 2.75) is 45.1 Å². The highest BCUT2D eigenvalue weighted by Gasteiger charge is 2.31. The molecule has 1 saturated heterocycles. The lowest BCUT2D eigenvalue weighted by Gasteiger charge is -2.30. The normalized spacial score (nSPS) is 34.4. The molecule has 0 bridgehead atoms. The van der Waals surface area contributed by atoms with Gasteiger partial charge in [0.2, 0.25) is 0 Å². The molecule has 2 fully saturated rings.